The molecule has 0 spiro atoms. The van der Waals surface area contributed by atoms with Crippen molar-refractivity contribution in [1.29, 1.82) is 0 Å². The van der Waals surface area contributed by atoms with Crippen LogP contribution >= 0.6 is 11.6 Å². The van der Waals surface area contributed by atoms with Gasteiger partial charge in [0.1, 0.15) is 5.75 Å². The molecule has 1 aromatic carbocycles. The highest BCUT2D eigenvalue weighted by atomic mass is 35.5. The average Bonchev–Trinajstić information content (AvgIpc) is 2.22. The summed E-state index contributed by atoms with van der Waals surface area (Å²) in [6.07, 6.45) is 4.25. The maximum atomic E-state index is 6.09. The maximum absolute atomic E-state index is 6.09. The Morgan fingerprint density at radius 1 is 1.28 bits per heavy atom. The Hall–Kier alpha value is -0.730. The van der Waals surface area contributed by atoms with Crippen LogP contribution in [0.1, 0.15) is 44.2 Å². The largest absolute Gasteiger partial charge is 0.496 e. The molecule has 3 heteroatoms. The highest BCUT2D eigenvalue weighted by Gasteiger charge is 2.11. The van der Waals surface area contributed by atoms with Gasteiger partial charge in [0.25, 0.3) is 0 Å². The van der Waals surface area contributed by atoms with Crippen molar-refractivity contribution >= 4 is 11.6 Å². The van der Waals surface area contributed by atoms with Gasteiger partial charge in [-0.05, 0) is 63.3 Å². The SMILES string of the molecule is COc1c(C)cc(Cl)cc1CCCCC(C)(C)N. The molecule has 18 heavy (non-hydrogen) atoms. The van der Waals surface area contributed by atoms with E-state index in [1.165, 1.54) is 5.56 Å². The quantitative estimate of drug-likeness (QED) is 0.789. The first kappa shape index (κ1) is 15.3. The van der Waals surface area contributed by atoms with Crippen LogP contribution in [-0.2, 0) is 6.42 Å². The number of nitrogens with two attached hydrogens (primary N) is 1. The van der Waals surface area contributed by atoms with Gasteiger partial charge in [-0.1, -0.05) is 18.0 Å². The molecule has 0 radical (unpaired) electrons. The molecule has 0 amide bonds. The van der Waals surface area contributed by atoms with Crippen LogP contribution in [0.15, 0.2) is 12.1 Å². The van der Waals surface area contributed by atoms with E-state index in [0.29, 0.717) is 0 Å². The number of benzene rings is 1. The lowest BCUT2D eigenvalue weighted by Gasteiger charge is -2.18. The molecule has 2 N–H and O–H groups in total. The molecule has 1 aromatic rings. The van der Waals surface area contributed by atoms with Crippen LogP contribution in [0.2, 0.25) is 5.02 Å². The van der Waals surface area contributed by atoms with Crippen LogP contribution in [0.4, 0.5) is 0 Å². The Balaban J connectivity index is 2.61. The summed E-state index contributed by atoms with van der Waals surface area (Å²) in [6.45, 7) is 6.16. The molecule has 0 aliphatic carbocycles. The summed E-state index contributed by atoms with van der Waals surface area (Å²) in [4.78, 5) is 0. The van der Waals surface area contributed by atoms with Crippen molar-refractivity contribution in [3.8, 4) is 5.75 Å². The number of halogens is 1. The molecule has 0 saturated heterocycles. The van der Waals surface area contributed by atoms with Crippen molar-refractivity contribution in [2.75, 3.05) is 7.11 Å². The fourth-order valence-electron chi connectivity index (χ4n) is 2.17. The molecule has 0 bridgehead atoms. The molecular weight excluding hydrogens is 246 g/mol. The Morgan fingerprint density at radius 2 is 1.94 bits per heavy atom. The third-order valence-corrected chi connectivity index (χ3v) is 3.26. The summed E-state index contributed by atoms with van der Waals surface area (Å²) < 4.78 is 5.45. The summed E-state index contributed by atoms with van der Waals surface area (Å²) in [5.41, 5.74) is 8.19. The van der Waals surface area contributed by atoms with Gasteiger partial charge in [-0.2, -0.15) is 0 Å². The molecule has 0 atom stereocenters. The molecule has 0 heterocycles. The summed E-state index contributed by atoms with van der Waals surface area (Å²) in [5.74, 6) is 0.964. The van der Waals surface area contributed by atoms with Gasteiger partial charge in [-0.15, -0.1) is 0 Å². The number of aryl methyl sites for hydroxylation is 2. The molecule has 0 aliphatic rings. The number of unbranched alkanes of at least 4 members (excludes halogenated alkanes) is 1. The summed E-state index contributed by atoms with van der Waals surface area (Å²) in [5, 5.41) is 0.780. The lowest BCUT2D eigenvalue weighted by molar-refractivity contribution is 0.404. The zero-order chi connectivity index (χ0) is 13.8. The van der Waals surface area contributed by atoms with Crippen molar-refractivity contribution in [3.63, 3.8) is 0 Å². The van der Waals surface area contributed by atoms with E-state index >= 15 is 0 Å². The monoisotopic (exact) mass is 269 g/mol. The highest BCUT2D eigenvalue weighted by Crippen LogP contribution is 2.29. The smallest absolute Gasteiger partial charge is 0.125 e. The van der Waals surface area contributed by atoms with Crippen LogP contribution in [0.3, 0.4) is 0 Å². The third kappa shape index (κ3) is 4.87. The van der Waals surface area contributed by atoms with Gasteiger partial charge in [0, 0.05) is 10.6 Å². The molecule has 0 saturated carbocycles. The molecule has 0 unspecified atom stereocenters. The highest BCUT2D eigenvalue weighted by molar-refractivity contribution is 6.30. The van der Waals surface area contributed by atoms with Gasteiger partial charge >= 0.3 is 0 Å². The zero-order valence-electron chi connectivity index (χ0n) is 11.8. The Morgan fingerprint density at radius 3 is 2.50 bits per heavy atom. The standard InChI is InChI=1S/C15H24ClNO/c1-11-9-13(16)10-12(14(11)18-4)7-5-6-8-15(2,3)17/h9-10H,5-8,17H2,1-4H3. The van der Waals surface area contributed by atoms with E-state index in [4.69, 9.17) is 22.1 Å². The van der Waals surface area contributed by atoms with E-state index in [0.717, 1.165) is 42.0 Å². The van der Waals surface area contributed by atoms with Crippen LogP contribution in [0, 0.1) is 6.92 Å². The number of rotatable bonds is 6. The van der Waals surface area contributed by atoms with Crippen molar-refractivity contribution in [1.82, 2.24) is 0 Å². The number of hydrogen-bond acceptors (Lipinski definition) is 2. The van der Waals surface area contributed by atoms with E-state index in [1.54, 1.807) is 7.11 Å². The Kier molecular flexibility index (Phi) is 5.48. The maximum Gasteiger partial charge on any atom is 0.125 e. The van der Waals surface area contributed by atoms with Gasteiger partial charge in [-0.3, -0.25) is 0 Å². The lowest BCUT2D eigenvalue weighted by Crippen LogP contribution is -2.31. The first-order valence-electron chi connectivity index (χ1n) is 6.45. The number of ether oxygens (including phenoxy) is 1. The van der Waals surface area contributed by atoms with E-state index in [-0.39, 0.29) is 5.54 Å². The van der Waals surface area contributed by atoms with Gasteiger partial charge in [0.05, 0.1) is 7.11 Å². The first-order chi connectivity index (χ1) is 8.33. The predicted molar refractivity (Wildman–Crippen MR) is 78.6 cm³/mol. The van der Waals surface area contributed by atoms with Gasteiger partial charge in [0.2, 0.25) is 0 Å². The first-order valence-corrected chi connectivity index (χ1v) is 6.83. The van der Waals surface area contributed by atoms with Crippen molar-refractivity contribution in [2.24, 2.45) is 5.73 Å². The van der Waals surface area contributed by atoms with Gasteiger partial charge in [0.15, 0.2) is 0 Å². The molecule has 1 rings (SSSR count). The minimum absolute atomic E-state index is 0.0751. The molecular formula is C15H24ClNO. The molecule has 0 fully saturated rings. The lowest BCUT2D eigenvalue weighted by atomic mass is 9.96. The minimum atomic E-state index is -0.0751. The summed E-state index contributed by atoms with van der Waals surface area (Å²) >= 11 is 6.09. The number of methoxy groups -OCH3 is 1. The van der Waals surface area contributed by atoms with Crippen LogP contribution < -0.4 is 10.5 Å². The van der Waals surface area contributed by atoms with Crippen molar-refractivity contribution < 1.29 is 4.74 Å². The second-order valence-electron chi connectivity index (χ2n) is 5.61. The van der Waals surface area contributed by atoms with Crippen molar-refractivity contribution in [2.45, 2.75) is 52.0 Å². The fraction of sp³-hybridized carbons (Fsp3) is 0.600. The average molecular weight is 270 g/mol. The molecule has 2 nitrogen and oxygen atoms in total. The summed E-state index contributed by atoms with van der Waals surface area (Å²) in [6, 6.07) is 3.94. The number of hydrogen-bond donors (Lipinski definition) is 1. The predicted octanol–water partition coefficient (Wildman–Crippen LogP) is 4.11. The second-order valence-corrected chi connectivity index (χ2v) is 6.05. The zero-order valence-corrected chi connectivity index (χ0v) is 12.6. The topological polar surface area (TPSA) is 35.2 Å². The molecule has 102 valence electrons. The minimum Gasteiger partial charge on any atom is -0.496 e. The molecule has 0 aromatic heterocycles. The fourth-order valence-corrected chi connectivity index (χ4v) is 2.47. The van der Waals surface area contributed by atoms with E-state index in [2.05, 4.69) is 13.8 Å². The van der Waals surface area contributed by atoms with Gasteiger partial charge < -0.3 is 10.5 Å². The van der Waals surface area contributed by atoms with Crippen LogP contribution in [0.25, 0.3) is 0 Å². The van der Waals surface area contributed by atoms with E-state index in [9.17, 15) is 0 Å². The van der Waals surface area contributed by atoms with Crippen LogP contribution in [-0.4, -0.2) is 12.6 Å². The van der Waals surface area contributed by atoms with Crippen molar-refractivity contribution in [3.05, 3.63) is 28.3 Å². The van der Waals surface area contributed by atoms with Gasteiger partial charge in [-0.25, -0.2) is 0 Å². The van der Waals surface area contributed by atoms with E-state index in [1.807, 2.05) is 19.1 Å². The van der Waals surface area contributed by atoms with Crippen LogP contribution in [0.5, 0.6) is 5.75 Å². The third-order valence-electron chi connectivity index (χ3n) is 3.04. The Bertz CT molecular complexity index is 396. The molecule has 0 aliphatic heterocycles. The van der Waals surface area contributed by atoms with E-state index < -0.39 is 0 Å². The Labute approximate surface area is 115 Å². The second kappa shape index (κ2) is 6.44. The normalized spacial score (nSPS) is 11.7. The summed E-state index contributed by atoms with van der Waals surface area (Å²) in [7, 11) is 1.71.